The van der Waals surface area contributed by atoms with Gasteiger partial charge < -0.3 is 4.90 Å². The Morgan fingerprint density at radius 2 is 1.70 bits per heavy atom. The zero-order valence-corrected chi connectivity index (χ0v) is 14.6. The summed E-state index contributed by atoms with van der Waals surface area (Å²) < 4.78 is 46.5. The van der Waals surface area contributed by atoms with Gasteiger partial charge in [-0.3, -0.25) is 4.79 Å². The highest BCUT2D eigenvalue weighted by atomic mass is 32.2. The van der Waals surface area contributed by atoms with Crippen LogP contribution in [0.1, 0.15) is 24.2 Å². The Labute approximate surface area is 136 Å². The Kier molecular flexibility index (Phi) is 4.84. The summed E-state index contributed by atoms with van der Waals surface area (Å²) in [4.78, 5) is 13.6. The third kappa shape index (κ3) is 4.10. The van der Waals surface area contributed by atoms with Gasteiger partial charge in [0.15, 0.2) is 9.84 Å². The molecule has 9 heteroatoms. The highest BCUT2D eigenvalue weighted by molar-refractivity contribution is 7.92. The Morgan fingerprint density at radius 1 is 1.17 bits per heavy atom. The van der Waals surface area contributed by atoms with Gasteiger partial charge in [0, 0.05) is 18.7 Å². The first-order valence-electron chi connectivity index (χ1n) is 7.14. The quantitative estimate of drug-likeness (QED) is 0.807. The number of carbonyl (C=O) groups excluding carboxylic acids is 1. The average molecular weight is 360 g/mol. The molecule has 0 unspecified atom stereocenters. The number of sulfonamides is 1. The van der Waals surface area contributed by atoms with Crippen molar-refractivity contribution in [1.82, 2.24) is 4.90 Å². The van der Waals surface area contributed by atoms with Crippen LogP contribution in [0.2, 0.25) is 0 Å². The molecule has 2 rings (SSSR count). The van der Waals surface area contributed by atoms with Gasteiger partial charge in [-0.15, -0.1) is 0 Å². The van der Waals surface area contributed by atoms with Gasteiger partial charge >= 0.3 is 0 Å². The number of rotatable bonds is 5. The van der Waals surface area contributed by atoms with Crippen LogP contribution < -0.4 is 5.14 Å². The molecule has 1 fully saturated rings. The van der Waals surface area contributed by atoms with Crippen LogP contribution in [0.5, 0.6) is 0 Å². The van der Waals surface area contributed by atoms with Crippen molar-refractivity contribution < 1.29 is 21.6 Å². The van der Waals surface area contributed by atoms with Crippen LogP contribution >= 0.6 is 0 Å². The summed E-state index contributed by atoms with van der Waals surface area (Å²) in [7, 11) is -6.99. The molecule has 23 heavy (non-hydrogen) atoms. The van der Waals surface area contributed by atoms with E-state index >= 15 is 0 Å². The highest BCUT2D eigenvalue weighted by Gasteiger charge is 2.39. The van der Waals surface area contributed by atoms with Gasteiger partial charge in [0.05, 0.1) is 15.9 Å². The summed E-state index contributed by atoms with van der Waals surface area (Å²) in [6.07, 6.45) is 0. The number of amides is 1. The number of hydrogen-bond donors (Lipinski definition) is 1. The Morgan fingerprint density at radius 3 is 2.13 bits per heavy atom. The molecule has 0 aromatic heterocycles. The van der Waals surface area contributed by atoms with E-state index < -0.39 is 25.1 Å². The zero-order chi connectivity index (χ0) is 17.4. The molecule has 128 valence electrons. The molecular formula is C14H20N2O5S2. The van der Waals surface area contributed by atoms with Crippen LogP contribution in [0.3, 0.4) is 0 Å². The van der Waals surface area contributed by atoms with E-state index in [2.05, 4.69) is 0 Å². The van der Waals surface area contributed by atoms with Crippen molar-refractivity contribution in [3.05, 3.63) is 29.8 Å². The third-order valence-electron chi connectivity index (χ3n) is 3.64. The predicted molar refractivity (Wildman–Crippen MR) is 86.1 cm³/mol. The fraction of sp³-hybridized carbons (Fsp3) is 0.500. The van der Waals surface area contributed by atoms with Gasteiger partial charge in [0.2, 0.25) is 10.0 Å². The molecule has 1 aromatic rings. The van der Waals surface area contributed by atoms with E-state index in [0.29, 0.717) is 5.56 Å². The number of primary sulfonamides is 1. The lowest BCUT2D eigenvalue weighted by Gasteiger charge is -2.39. The van der Waals surface area contributed by atoms with Crippen LogP contribution in [0, 0.1) is 5.92 Å². The predicted octanol–water partition coefficient (Wildman–Crippen LogP) is 0.229. The van der Waals surface area contributed by atoms with Gasteiger partial charge in [-0.1, -0.05) is 13.8 Å². The van der Waals surface area contributed by atoms with Gasteiger partial charge in [0.1, 0.15) is 0 Å². The lowest BCUT2D eigenvalue weighted by atomic mass is 10.1. The SMILES string of the molecule is CC(C)CS(=O)(=O)C1CN(C(=O)c2ccc(S(N)(=O)=O)cc2)C1. The van der Waals surface area contributed by atoms with E-state index in [-0.39, 0.29) is 35.6 Å². The second kappa shape index (κ2) is 6.21. The van der Waals surface area contributed by atoms with E-state index in [1.54, 1.807) is 0 Å². The lowest BCUT2D eigenvalue weighted by Crippen LogP contribution is -2.57. The molecule has 1 heterocycles. The second-order valence-corrected chi connectivity index (χ2v) is 10.0. The summed E-state index contributed by atoms with van der Waals surface area (Å²) in [6, 6.07) is 5.26. The third-order valence-corrected chi connectivity index (χ3v) is 7.01. The number of nitrogens with zero attached hydrogens (tertiary/aromatic N) is 1. The molecule has 1 aliphatic rings. The molecule has 2 N–H and O–H groups in total. The van der Waals surface area contributed by atoms with Crippen LogP contribution in [0.25, 0.3) is 0 Å². The van der Waals surface area contributed by atoms with Crippen molar-refractivity contribution in [2.45, 2.75) is 24.0 Å². The first kappa shape index (κ1) is 17.9. The fourth-order valence-corrected chi connectivity index (χ4v) is 4.93. The number of carbonyl (C=O) groups is 1. The topological polar surface area (TPSA) is 115 Å². The molecule has 0 bridgehead atoms. The fourth-order valence-electron chi connectivity index (χ4n) is 2.40. The van der Waals surface area contributed by atoms with Crippen molar-refractivity contribution in [3.63, 3.8) is 0 Å². The van der Waals surface area contributed by atoms with Crippen LogP contribution in [-0.4, -0.2) is 51.7 Å². The number of benzene rings is 1. The molecule has 7 nitrogen and oxygen atoms in total. The summed E-state index contributed by atoms with van der Waals surface area (Å²) in [6.45, 7) is 4.02. The smallest absolute Gasteiger partial charge is 0.253 e. The van der Waals surface area contributed by atoms with Crippen LogP contribution in [0.15, 0.2) is 29.2 Å². The first-order chi connectivity index (χ1) is 10.5. The second-order valence-electron chi connectivity index (χ2n) is 6.12. The Balaban J connectivity index is 2.02. The number of nitrogens with two attached hydrogens (primary N) is 1. The minimum absolute atomic E-state index is 0.0514. The van der Waals surface area contributed by atoms with Gasteiger partial charge in [-0.05, 0) is 30.2 Å². The summed E-state index contributed by atoms with van der Waals surface area (Å²) in [5.74, 6) is -0.152. The minimum atomic E-state index is -3.80. The Bertz CT molecular complexity index is 792. The van der Waals surface area contributed by atoms with Gasteiger partial charge in [0.25, 0.3) is 5.91 Å². The molecule has 0 atom stereocenters. The molecule has 0 radical (unpaired) electrons. The van der Waals surface area contributed by atoms with Crippen molar-refractivity contribution in [1.29, 1.82) is 0 Å². The van der Waals surface area contributed by atoms with Crippen LogP contribution in [-0.2, 0) is 19.9 Å². The van der Waals surface area contributed by atoms with E-state index in [1.165, 1.54) is 29.2 Å². The standard InChI is InChI=1S/C14H20N2O5S2/c1-10(2)9-22(18,19)13-7-16(8-13)14(17)11-3-5-12(6-4-11)23(15,20)21/h3-6,10,13H,7-9H2,1-2H3,(H2,15,20,21). The van der Waals surface area contributed by atoms with Crippen molar-refractivity contribution in [3.8, 4) is 0 Å². The van der Waals surface area contributed by atoms with E-state index in [1.807, 2.05) is 13.8 Å². The maximum atomic E-state index is 12.2. The molecule has 0 aliphatic carbocycles. The molecule has 0 spiro atoms. The van der Waals surface area contributed by atoms with E-state index in [9.17, 15) is 21.6 Å². The maximum Gasteiger partial charge on any atom is 0.253 e. The number of sulfone groups is 1. The summed E-state index contributed by atoms with van der Waals surface area (Å²) in [5.41, 5.74) is 0.303. The monoisotopic (exact) mass is 360 g/mol. The van der Waals surface area contributed by atoms with Crippen molar-refractivity contribution in [2.75, 3.05) is 18.8 Å². The van der Waals surface area contributed by atoms with Crippen LogP contribution in [0.4, 0.5) is 0 Å². The van der Waals surface area contributed by atoms with Gasteiger partial charge in [-0.25, -0.2) is 22.0 Å². The van der Waals surface area contributed by atoms with Crippen molar-refractivity contribution >= 4 is 25.8 Å². The Hall–Kier alpha value is -1.45. The molecule has 1 aromatic carbocycles. The zero-order valence-electron chi connectivity index (χ0n) is 13.0. The number of likely N-dealkylation sites (tertiary alicyclic amines) is 1. The highest BCUT2D eigenvalue weighted by Crippen LogP contribution is 2.21. The molecule has 1 saturated heterocycles. The first-order valence-corrected chi connectivity index (χ1v) is 10.4. The molecule has 1 aliphatic heterocycles. The number of hydrogen-bond acceptors (Lipinski definition) is 5. The summed E-state index contributed by atoms with van der Waals surface area (Å²) >= 11 is 0. The minimum Gasteiger partial charge on any atom is -0.336 e. The molecule has 1 amide bonds. The van der Waals surface area contributed by atoms with Crippen molar-refractivity contribution in [2.24, 2.45) is 11.1 Å². The maximum absolute atomic E-state index is 12.2. The normalized spacial score (nSPS) is 16.4. The lowest BCUT2D eigenvalue weighted by molar-refractivity contribution is 0.0658. The summed E-state index contributed by atoms with van der Waals surface area (Å²) in [5, 5.41) is 4.48. The largest absolute Gasteiger partial charge is 0.336 e. The molecular weight excluding hydrogens is 340 g/mol. The molecule has 0 saturated carbocycles. The van der Waals surface area contributed by atoms with E-state index in [4.69, 9.17) is 5.14 Å². The van der Waals surface area contributed by atoms with E-state index in [0.717, 1.165) is 0 Å². The van der Waals surface area contributed by atoms with Gasteiger partial charge in [-0.2, -0.15) is 0 Å². The average Bonchev–Trinajstić information content (AvgIpc) is 2.33.